The summed E-state index contributed by atoms with van der Waals surface area (Å²) in [5, 5.41) is 20.3. The van der Waals surface area contributed by atoms with E-state index in [9.17, 15) is 13.9 Å². The van der Waals surface area contributed by atoms with Crippen molar-refractivity contribution in [3.8, 4) is 0 Å². The molecule has 2 aromatic carbocycles. The number of rotatable bonds is 7. The van der Waals surface area contributed by atoms with Gasteiger partial charge < -0.3 is 10.4 Å². The van der Waals surface area contributed by atoms with Crippen LogP contribution in [0, 0.1) is 11.6 Å². The highest BCUT2D eigenvalue weighted by Crippen LogP contribution is 2.34. The van der Waals surface area contributed by atoms with Gasteiger partial charge in [0.2, 0.25) is 0 Å². The first kappa shape index (κ1) is 23.9. The number of likely N-dealkylation sites (tertiary alicyclic amines) is 1. The lowest BCUT2D eigenvalue weighted by atomic mass is 9.84. The van der Waals surface area contributed by atoms with Gasteiger partial charge >= 0.3 is 0 Å². The predicted molar refractivity (Wildman–Crippen MR) is 124 cm³/mol. The average molecular weight is 496 g/mol. The van der Waals surface area contributed by atoms with Crippen molar-refractivity contribution in [1.82, 2.24) is 19.7 Å². The van der Waals surface area contributed by atoms with E-state index in [-0.39, 0.29) is 18.2 Å². The van der Waals surface area contributed by atoms with E-state index in [0.29, 0.717) is 23.1 Å². The van der Waals surface area contributed by atoms with E-state index >= 15 is 0 Å². The second-order valence-electron chi connectivity index (χ2n) is 8.40. The third kappa shape index (κ3) is 5.30. The molecule has 2 N–H and O–H groups in total. The van der Waals surface area contributed by atoms with Crippen LogP contribution in [0.1, 0.15) is 25.3 Å². The Morgan fingerprint density at radius 3 is 2.55 bits per heavy atom. The molecular formula is C23H25Cl2F2N5O. The first-order valence-corrected chi connectivity index (χ1v) is 11.5. The topological polar surface area (TPSA) is 66.2 Å². The van der Waals surface area contributed by atoms with Crippen LogP contribution in [0.4, 0.5) is 14.5 Å². The SMILES string of the molecule is C[C@@H](N1CCC(Nc2ccc(Cl)c(Cl)c2)CC1)[C@](O)(Cn1cncn1)c1ccc(F)cc1F. The lowest BCUT2D eigenvalue weighted by Crippen LogP contribution is -2.55. The minimum atomic E-state index is -1.64. The van der Waals surface area contributed by atoms with Gasteiger partial charge in [0.15, 0.2) is 0 Å². The first-order chi connectivity index (χ1) is 15.8. The van der Waals surface area contributed by atoms with Crippen molar-refractivity contribution >= 4 is 28.9 Å². The number of nitrogens with zero attached hydrogens (tertiary/aromatic N) is 4. The van der Waals surface area contributed by atoms with Gasteiger partial charge in [-0.15, -0.1) is 0 Å². The molecule has 1 fully saturated rings. The van der Waals surface area contributed by atoms with Crippen molar-refractivity contribution in [3.63, 3.8) is 0 Å². The van der Waals surface area contributed by atoms with Crippen LogP contribution < -0.4 is 5.32 Å². The van der Waals surface area contributed by atoms with E-state index in [1.54, 1.807) is 12.1 Å². The molecule has 0 saturated carbocycles. The molecule has 0 bridgehead atoms. The van der Waals surface area contributed by atoms with Crippen molar-refractivity contribution < 1.29 is 13.9 Å². The fraction of sp³-hybridized carbons (Fsp3) is 0.391. The van der Waals surface area contributed by atoms with Crippen molar-refractivity contribution in [2.45, 2.75) is 44.0 Å². The molecule has 6 nitrogen and oxygen atoms in total. The number of piperidine rings is 1. The fourth-order valence-corrected chi connectivity index (χ4v) is 4.70. The maximum absolute atomic E-state index is 14.8. The Bertz CT molecular complexity index is 1090. The molecule has 0 spiro atoms. The summed E-state index contributed by atoms with van der Waals surface area (Å²) in [4.78, 5) is 6.04. The summed E-state index contributed by atoms with van der Waals surface area (Å²) >= 11 is 12.1. The monoisotopic (exact) mass is 495 g/mol. The fourth-order valence-electron chi connectivity index (χ4n) is 4.40. The molecule has 1 aromatic heterocycles. The number of halogens is 4. The van der Waals surface area contributed by atoms with Crippen LogP contribution in [0.15, 0.2) is 49.1 Å². The number of hydrogen-bond donors (Lipinski definition) is 2. The van der Waals surface area contributed by atoms with E-state index < -0.39 is 23.3 Å². The second-order valence-corrected chi connectivity index (χ2v) is 9.22. The third-order valence-corrected chi connectivity index (χ3v) is 7.06. The lowest BCUT2D eigenvalue weighted by molar-refractivity contribution is -0.0686. The van der Waals surface area contributed by atoms with Gasteiger partial charge in [-0.25, -0.2) is 18.4 Å². The van der Waals surface area contributed by atoms with Gasteiger partial charge in [-0.1, -0.05) is 29.3 Å². The van der Waals surface area contributed by atoms with Gasteiger partial charge in [0.05, 0.1) is 16.6 Å². The number of nitrogens with one attached hydrogen (secondary N) is 1. The summed E-state index contributed by atoms with van der Waals surface area (Å²) in [5.74, 6) is -1.48. The van der Waals surface area contributed by atoms with Crippen molar-refractivity contribution in [2.75, 3.05) is 18.4 Å². The van der Waals surface area contributed by atoms with Crippen LogP contribution >= 0.6 is 23.2 Å². The molecule has 33 heavy (non-hydrogen) atoms. The minimum absolute atomic E-state index is 0.0157. The molecule has 1 saturated heterocycles. The molecular weight excluding hydrogens is 471 g/mol. The Hall–Kier alpha value is -2.26. The molecule has 1 aliphatic rings. The summed E-state index contributed by atoms with van der Waals surface area (Å²) in [6.45, 7) is 3.20. The molecule has 4 rings (SSSR count). The lowest BCUT2D eigenvalue weighted by Gasteiger charge is -2.44. The Morgan fingerprint density at radius 2 is 1.91 bits per heavy atom. The zero-order valence-corrected chi connectivity index (χ0v) is 19.6. The number of aliphatic hydroxyl groups is 1. The summed E-state index contributed by atoms with van der Waals surface area (Å²) in [7, 11) is 0. The minimum Gasteiger partial charge on any atom is -0.382 e. The van der Waals surface area contributed by atoms with Crippen molar-refractivity contribution in [3.05, 3.63) is 76.3 Å². The Balaban J connectivity index is 1.49. The number of hydrogen-bond acceptors (Lipinski definition) is 5. The Labute approximate surface area is 201 Å². The predicted octanol–water partition coefficient (Wildman–Crippen LogP) is 4.72. The van der Waals surface area contributed by atoms with Gasteiger partial charge in [-0.2, -0.15) is 5.10 Å². The smallest absolute Gasteiger partial charge is 0.137 e. The summed E-state index contributed by atoms with van der Waals surface area (Å²) in [6.07, 6.45) is 4.45. The second kappa shape index (κ2) is 9.93. The largest absolute Gasteiger partial charge is 0.382 e. The molecule has 0 amide bonds. The molecule has 176 valence electrons. The number of benzene rings is 2. The van der Waals surface area contributed by atoms with E-state index in [0.717, 1.165) is 30.7 Å². The number of aromatic nitrogens is 3. The molecule has 3 aromatic rings. The third-order valence-electron chi connectivity index (χ3n) is 6.33. The highest BCUT2D eigenvalue weighted by molar-refractivity contribution is 6.42. The quantitative estimate of drug-likeness (QED) is 0.496. The zero-order chi connectivity index (χ0) is 23.6. The van der Waals surface area contributed by atoms with Crippen molar-refractivity contribution in [1.29, 1.82) is 0 Å². The van der Waals surface area contributed by atoms with Gasteiger partial charge in [0, 0.05) is 42.5 Å². The molecule has 10 heteroatoms. The maximum atomic E-state index is 14.8. The van der Waals surface area contributed by atoms with Crippen LogP contribution in [0.2, 0.25) is 10.0 Å². The van der Waals surface area contributed by atoms with E-state index in [2.05, 4.69) is 20.3 Å². The van der Waals surface area contributed by atoms with Crippen LogP contribution in [-0.4, -0.2) is 49.9 Å². The normalized spacial score (nSPS) is 18.1. The molecule has 0 unspecified atom stereocenters. The molecule has 1 aliphatic heterocycles. The highest BCUT2D eigenvalue weighted by atomic mass is 35.5. The van der Waals surface area contributed by atoms with Gasteiger partial charge in [0.25, 0.3) is 0 Å². The van der Waals surface area contributed by atoms with Gasteiger partial charge in [0.1, 0.15) is 29.9 Å². The van der Waals surface area contributed by atoms with Gasteiger partial charge in [-0.3, -0.25) is 4.90 Å². The maximum Gasteiger partial charge on any atom is 0.137 e. The molecule has 2 atom stereocenters. The van der Waals surface area contributed by atoms with Crippen LogP contribution in [0.3, 0.4) is 0 Å². The summed E-state index contributed by atoms with van der Waals surface area (Å²) < 4.78 is 29.8. The van der Waals surface area contributed by atoms with Crippen molar-refractivity contribution in [2.24, 2.45) is 0 Å². The zero-order valence-electron chi connectivity index (χ0n) is 18.1. The van der Waals surface area contributed by atoms with Crippen LogP contribution in [0.5, 0.6) is 0 Å². The van der Waals surface area contributed by atoms with Gasteiger partial charge in [-0.05, 0) is 44.0 Å². The highest BCUT2D eigenvalue weighted by Gasteiger charge is 2.42. The van der Waals surface area contributed by atoms with E-state index in [4.69, 9.17) is 23.2 Å². The van der Waals surface area contributed by atoms with Crippen LogP contribution in [0.25, 0.3) is 0 Å². The Kier molecular flexibility index (Phi) is 7.19. The first-order valence-electron chi connectivity index (χ1n) is 10.7. The van der Waals surface area contributed by atoms with E-state index in [1.807, 2.05) is 13.0 Å². The summed E-state index contributed by atoms with van der Waals surface area (Å²) in [5.41, 5.74) is -0.718. The molecule has 2 heterocycles. The summed E-state index contributed by atoms with van der Waals surface area (Å²) in [6, 6.07) is 8.45. The average Bonchev–Trinajstić information content (AvgIpc) is 3.29. The number of anilines is 1. The van der Waals surface area contributed by atoms with Crippen LogP contribution in [-0.2, 0) is 12.1 Å². The molecule has 0 radical (unpaired) electrons. The van der Waals surface area contributed by atoms with E-state index in [1.165, 1.54) is 23.4 Å². The molecule has 0 aliphatic carbocycles. The Morgan fingerprint density at radius 1 is 1.15 bits per heavy atom. The standard InChI is InChI=1S/C23H25Cl2F2N5O/c1-15(31-8-6-17(7-9-31)30-18-3-5-20(24)21(25)11-18)23(33,12-32-14-28-13-29-32)19-4-2-16(26)10-22(19)27/h2-5,10-11,13-15,17,30,33H,6-9,12H2,1H3/t15-,23-/m1/s1.